The number of piperazine rings is 1. The Morgan fingerprint density at radius 2 is 1.71 bits per heavy atom. The van der Waals surface area contributed by atoms with Crippen molar-refractivity contribution >= 4 is 17.6 Å². The van der Waals surface area contributed by atoms with Crippen molar-refractivity contribution in [1.29, 1.82) is 0 Å². The zero-order valence-corrected chi connectivity index (χ0v) is 12.3. The topological polar surface area (TPSA) is 6.48 Å². The summed E-state index contributed by atoms with van der Waals surface area (Å²) >= 11 is 1.85. The van der Waals surface area contributed by atoms with E-state index in [4.69, 9.17) is 0 Å². The lowest BCUT2D eigenvalue weighted by molar-refractivity contribution is 0.431. The van der Waals surface area contributed by atoms with Crippen LogP contribution in [0.25, 0.3) is 0 Å². The average molecular weight is 252 g/mol. The van der Waals surface area contributed by atoms with Crippen LogP contribution < -0.4 is 4.90 Å². The minimum Gasteiger partial charge on any atom is -0.369 e. The van der Waals surface area contributed by atoms with Crippen molar-refractivity contribution in [3.63, 3.8) is 0 Å². The lowest BCUT2D eigenvalue weighted by atomic mass is 10.2. The summed E-state index contributed by atoms with van der Waals surface area (Å²) in [7, 11) is 0. The summed E-state index contributed by atoms with van der Waals surface area (Å²) in [6, 6.07) is 8.78. The van der Waals surface area contributed by atoms with Gasteiger partial charge < -0.3 is 4.90 Å². The highest BCUT2D eigenvalue weighted by atomic mass is 32.2. The third-order valence-corrected chi connectivity index (χ3v) is 3.75. The molecule has 1 saturated heterocycles. The predicted octanol–water partition coefficient (Wildman–Crippen LogP) is 3.42. The number of hydrogen-bond donors (Lipinski definition) is 0. The van der Waals surface area contributed by atoms with E-state index in [9.17, 15) is 0 Å². The molecule has 0 spiro atoms. The average Bonchev–Trinajstić information content (AvgIpc) is 2.41. The molecule has 1 fully saturated rings. The molecule has 0 atom stereocenters. The van der Waals surface area contributed by atoms with Gasteiger partial charge >= 0.3 is 0 Å². The number of aryl methyl sites for hydroxylation is 1. The summed E-state index contributed by atoms with van der Waals surface area (Å²) in [5.41, 5.74) is 2.72. The Hall–Kier alpha value is -0.670. The highest BCUT2D eigenvalue weighted by Gasteiger charge is 2.15. The Bertz CT molecular complexity index is 320. The van der Waals surface area contributed by atoms with Crippen molar-refractivity contribution in [2.75, 3.05) is 37.3 Å². The maximum Gasteiger partial charge on any atom is 0.0369 e. The largest absolute Gasteiger partial charge is 0.369 e. The van der Waals surface area contributed by atoms with E-state index in [1.165, 1.54) is 11.3 Å². The van der Waals surface area contributed by atoms with E-state index in [1.54, 1.807) is 0 Å². The fourth-order valence-corrected chi connectivity index (χ4v) is 2.48. The van der Waals surface area contributed by atoms with Gasteiger partial charge in [0.25, 0.3) is 0 Å². The molecule has 0 aliphatic carbocycles. The van der Waals surface area contributed by atoms with E-state index in [2.05, 4.69) is 46.7 Å². The Morgan fingerprint density at radius 3 is 2.24 bits per heavy atom. The number of rotatable bonds is 2. The number of benzene rings is 1. The van der Waals surface area contributed by atoms with E-state index in [0.29, 0.717) is 0 Å². The molecule has 0 saturated carbocycles. The fraction of sp³-hybridized carbons (Fsp3) is 0.571. The van der Waals surface area contributed by atoms with Gasteiger partial charge in [0.15, 0.2) is 0 Å². The molecule has 1 aromatic carbocycles. The number of anilines is 1. The molecule has 1 aromatic rings. The predicted molar refractivity (Wildman–Crippen MR) is 79.8 cm³/mol. The normalized spacial score (nSPS) is 16.4. The molecule has 0 aromatic heterocycles. The molecule has 1 aliphatic rings. The lowest BCUT2D eigenvalue weighted by Gasteiger charge is -2.34. The molecule has 1 heterocycles. The second-order valence-corrected chi connectivity index (χ2v) is 4.82. The van der Waals surface area contributed by atoms with Crippen molar-refractivity contribution in [3.8, 4) is 0 Å². The Morgan fingerprint density at radius 1 is 1.06 bits per heavy atom. The molecule has 3 heteroatoms. The fourth-order valence-electron chi connectivity index (χ4n) is 1.95. The standard InChI is InChI=1S/C12H18N2S.C2H6/c1-11-4-3-5-12(10-11)13-6-8-14(15-2)9-7-13;1-2/h3-5,10H,6-9H2,1-2H3;1-2H3. The minimum absolute atomic E-state index is 1.14. The van der Waals surface area contributed by atoms with E-state index in [1.807, 2.05) is 25.8 Å². The maximum absolute atomic E-state index is 2.47. The summed E-state index contributed by atoms with van der Waals surface area (Å²) < 4.78 is 2.42. The van der Waals surface area contributed by atoms with Crippen LogP contribution in [0, 0.1) is 6.92 Å². The van der Waals surface area contributed by atoms with Crippen LogP contribution in [0.4, 0.5) is 5.69 Å². The molecule has 2 nitrogen and oxygen atoms in total. The second-order valence-electron chi connectivity index (χ2n) is 3.94. The van der Waals surface area contributed by atoms with Crippen molar-refractivity contribution in [2.45, 2.75) is 20.8 Å². The van der Waals surface area contributed by atoms with Crippen LogP contribution >= 0.6 is 11.9 Å². The molecular formula is C14H24N2S. The molecule has 96 valence electrons. The first kappa shape index (κ1) is 14.4. The summed E-state index contributed by atoms with van der Waals surface area (Å²) in [6.45, 7) is 10.8. The van der Waals surface area contributed by atoms with Crippen molar-refractivity contribution in [1.82, 2.24) is 4.31 Å². The maximum atomic E-state index is 2.47. The minimum atomic E-state index is 1.14. The Labute approximate surface area is 110 Å². The summed E-state index contributed by atoms with van der Waals surface area (Å²) in [5, 5.41) is 0. The molecular weight excluding hydrogens is 228 g/mol. The van der Waals surface area contributed by atoms with Gasteiger partial charge in [0, 0.05) is 31.9 Å². The van der Waals surface area contributed by atoms with Crippen LogP contribution in [0.5, 0.6) is 0 Å². The SMILES string of the molecule is CC.CSN1CCN(c2cccc(C)c2)CC1. The molecule has 0 N–H and O–H groups in total. The van der Waals surface area contributed by atoms with Crippen LogP contribution in [-0.4, -0.2) is 36.7 Å². The molecule has 17 heavy (non-hydrogen) atoms. The molecule has 0 unspecified atom stereocenters. The van der Waals surface area contributed by atoms with Gasteiger partial charge in [0.1, 0.15) is 0 Å². The van der Waals surface area contributed by atoms with Crippen LogP contribution in [0.15, 0.2) is 24.3 Å². The van der Waals surface area contributed by atoms with E-state index >= 15 is 0 Å². The highest BCUT2D eigenvalue weighted by Crippen LogP contribution is 2.19. The van der Waals surface area contributed by atoms with Gasteiger partial charge in [0.05, 0.1) is 0 Å². The number of nitrogens with zero attached hydrogens (tertiary/aromatic N) is 2. The lowest BCUT2D eigenvalue weighted by Crippen LogP contribution is -2.43. The number of hydrogen-bond acceptors (Lipinski definition) is 3. The van der Waals surface area contributed by atoms with Gasteiger partial charge in [0.2, 0.25) is 0 Å². The quantitative estimate of drug-likeness (QED) is 0.745. The van der Waals surface area contributed by atoms with Gasteiger partial charge in [-0.1, -0.05) is 37.9 Å². The summed E-state index contributed by atoms with van der Waals surface area (Å²) in [5.74, 6) is 0. The second kappa shape index (κ2) is 7.62. The third kappa shape index (κ3) is 4.25. The summed E-state index contributed by atoms with van der Waals surface area (Å²) in [4.78, 5) is 2.47. The van der Waals surface area contributed by atoms with Crippen LogP contribution in [-0.2, 0) is 0 Å². The monoisotopic (exact) mass is 252 g/mol. The first-order valence-electron chi connectivity index (χ1n) is 6.40. The van der Waals surface area contributed by atoms with E-state index in [-0.39, 0.29) is 0 Å². The van der Waals surface area contributed by atoms with Gasteiger partial charge in [-0.3, -0.25) is 0 Å². The molecule has 0 bridgehead atoms. The Kier molecular flexibility index (Phi) is 6.45. The van der Waals surface area contributed by atoms with Crippen molar-refractivity contribution < 1.29 is 0 Å². The molecule has 2 rings (SSSR count). The molecule has 0 radical (unpaired) electrons. The zero-order chi connectivity index (χ0) is 12.7. The van der Waals surface area contributed by atoms with Crippen LogP contribution in [0.3, 0.4) is 0 Å². The third-order valence-electron chi connectivity index (χ3n) is 2.86. The van der Waals surface area contributed by atoms with Crippen LogP contribution in [0.2, 0.25) is 0 Å². The van der Waals surface area contributed by atoms with Gasteiger partial charge in [-0.05, 0) is 30.9 Å². The van der Waals surface area contributed by atoms with E-state index < -0.39 is 0 Å². The van der Waals surface area contributed by atoms with Crippen LogP contribution in [0.1, 0.15) is 19.4 Å². The molecule has 1 aliphatic heterocycles. The van der Waals surface area contributed by atoms with Crippen molar-refractivity contribution in [3.05, 3.63) is 29.8 Å². The first-order chi connectivity index (χ1) is 8.29. The molecule has 0 amide bonds. The van der Waals surface area contributed by atoms with Gasteiger partial charge in [-0.25, -0.2) is 4.31 Å². The summed E-state index contributed by atoms with van der Waals surface area (Å²) in [6.07, 6.45) is 2.16. The van der Waals surface area contributed by atoms with Gasteiger partial charge in [-0.15, -0.1) is 0 Å². The Balaban J connectivity index is 0.000000686. The highest BCUT2D eigenvalue weighted by molar-refractivity contribution is 7.96. The van der Waals surface area contributed by atoms with E-state index in [0.717, 1.165) is 26.2 Å². The van der Waals surface area contributed by atoms with Gasteiger partial charge in [-0.2, -0.15) is 0 Å². The van der Waals surface area contributed by atoms with Crippen molar-refractivity contribution in [2.24, 2.45) is 0 Å². The smallest absolute Gasteiger partial charge is 0.0369 e. The first-order valence-corrected chi connectivity index (χ1v) is 7.58. The zero-order valence-electron chi connectivity index (χ0n) is 11.4.